The Balaban J connectivity index is 1.78. The summed E-state index contributed by atoms with van der Waals surface area (Å²) in [6, 6.07) is 11.8. The van der Waals surface area contributed by atoms with Gasteiger partial charge in [0.05, 0.1) is 17.6 Å². The molecule has 2 aromatic heterocycles. The fraction of sp³-hybridized carbons (Fsp3) is 0.125. The molecule has 0 aliphatic rings. The van der Waals surface area contributed by atoms with E-state index in [0.717, 1.165) is 20.5 Å². The molecule has 0 atom stereocenters. The van der Waals surface area contributed by atoms with E-state index in [4.69, 9.17) is 0 Å². The molecule has 4 nitrogen and oxygen atoms in total. The number of carbonyl (C=O) groups is 1. The molecule has 0 fully saturated rings. The average molecular weight is 376 g/mol. The van der Waals surface area contributed by atoms with Gasteiger partial charge in [-0.1, -0.05) is 28.1 Å². The van der Waals surface area contributed by atoms with Gasteiger partial charge in [0.25, 0.3) is 5.91 Å². The van der Waals surface area contributed by atoms with Crippen LogP contribution in [0.5, 0.6) is 0 Å². The van der Waals surface area contributed by atoms with Gasteiger partial charge in [0, 0.05) is 10.5 Å². The van der Waals surface area contributed by atoms with Gasteiger partial charge in [-0.05, 0) is 41.6 Å². The van der Waals surface area contributed by atoms with Crippen molar-refractivity contribution in [2.24, 2.45) is 0 Å². The molecule has 6 heteroatoms. The van der Waals surface area contributed by atoms with Crippen molar-refractivity contribution < 1.29 is 4.79 Å². The van der Waals surface area contributed by atoms with Gasteiger partial charge in [-0.15, -0.1) is 11.3 Å². The van der Waals surface area contributed by atoms with E-state index in [-0.39, 0.29) is 5.91 Å². The second kappa shape index (κ2) is 6.46. The topological polar surface area (TPSA) is 46.9 Å². The van der Waals surface area contributed by atoms with Crippen LogP contribution in [0.1, 0.15) is 20.8 Å². The second-order valence-corrected chi connectivity index (χ2v) is 6.72. The smallest absolute Gasteiger partial charge is 0.267 e. The van der Waals surface area contributed by atoms with Crippen molar-refractivity contribution in [2.45, 2.75) is 13.5 Å². The molecular weight excluding hydrogens is 362 g/mol. The van der Waals surface area contributed by atoms with Crippen molar-refractivity contribution in [3.8, 4) is 0 Å². The minimum absolute atomic E-state index is 0.0940. The highest BCUT2D eigenvalue weighted by Gasteiger charge is 2.13. The maximum atomic E-state index is 12.3. The molecule has 3 rings (SSSR count). The summed E-state index contributed by atoms with van der Waals surface area (Å²) in [6.45, 7) is 2.54. The molecule has 22 heavy (non-hydrogen) atoms. The van der Waals surface area contributed by atoms with E-state index in [1.165, 1.54) is 11.3 Å². The molecule has 0 bridgehead atoms. The van der Waals surface area contributed by atoms with Crippen LogP contribution in [0.4, 0.5) is 5.82 Å². The van der Waals surface area contributed by atoms with Crippen molar-refractivity contribution in [3.05, 3.63) is 68.5 Å². The van der Waals surface area contributed by atoms with Crippen molar-refractivity contribution in [2.75, 3.05) is 5.32 Å². The van der Waals surface area contributed by atoms with E-state index in [1.54, 1.807) is 16.9 Å². The molecule has 0 spiro atoms. The minimum atomic E-state index is -0.0940. The Kier molecular flexibility index (Phi) is 4.40. The lowest BCUT2D eigenvalue weighted by molar-refractivity contribution is 0.102. The number of amides is 1. The number of rotatable bonds is 4. The molecule has 0 saturated heterocycles. The first kappa shape index (κ1) is 15.0. The number of benzene rings is 1. The quantitative estimate of drug-likeness (QED) is 0.737. The number of aromatic nitrogens is 2. The van der Waals surface area contributed by atoms with Crippen LogP contribution in [0, 0.1) is 6.92 Å². The Morgan fingerprint density at radius 2 is 2.23 bits per heavy atom. The van der Waals surface area contributed by atoms with Crippen molar-refractivity contribution >= 4 is 39.0 Å². The van der Waals surface area contributed by atoms with Crippen LogP contribution >= 0.6 is 27.3 Å². The number of hydrogen-bond acceptors (Lipinski definition) is 3. The number of nitrogens with one attached hydrogen (secondary N) is 1. The van der Waals surface area contributed by atoms with Gasteiger partial charge >= 0.3 is 0 Å². The zero-order valence-electron chi connectivity index (χ0n) is 11.9. The fourth-order valence-electron chi connectivity index (χ4n) is 2.15. The molecule has 0 aliphatic carbocycles. The third kappa shape index (κ3) is 3.28. The van der Waals surface area contributed by atoms with Gasteiger partial charge in [-0.2, -0.15) is 5.10 Å². The van der Waals surface area contributed by atoms with E-state index < -0.39 is 0 Å². The number of thiophene rings is 1. The first-order valence-electron chi connectivity index (χ1n) is 6.75. The highest BCUT2D eigenvalue weighted by molar-refractivity contribution is 9.10. The van der Waals surface area contributed by atoms with Crippen LogP contribution in [0.2, 0.25) is 0 Å². The molecule has 0 unspecified atom stereocenters. The predicted molar refractivity (Wildman–Crippen MR) is 92.5 cm³/mol. The average Bonchev–Trinajstić information content (AvgIpc) is 3.08. The molecular formula is C16H14BrN3OS. The maximum absolute atomic E-state index is 12.3. The molecule has 0 aliphatic heterocycles. The van der Waals surface area contributed by atoms with Crippen LogP contribution in [0.3, 0.4) is 0 Å². The number of halogens is 1. The molecule has 1 N–H and O–H groups in total. The molecule has 2 heterocycles. The Bertz CT molecular complexity index is 809. The third-order valence-corrected chi connectivity index (χ3v) is 4.76. The zero-order valence-corrected chi connectivity index (χ0v) is 14.3. The molecule has 0 radical (unpaired) electrons. The second-order valence-electron chi connectivity index (χ2n) is 4.89. The summed E-state index contributed by atoms with van der Waals surface area (Å²) in [6.07, 6.45) is 1.69. The summed E-state index contributed by atoms with van der Waals surface area (Å²) in [5.41, 5.74) is 2.10. The van der Waals surface area contributed by atoms with Crippen molar-refractivity contribution in [1.29, 1.82) is 0 Å². The van der Waals surface area contributed by atoms with Crippen molar-refractivity contribution in [3.63, 3.8) is 0 Å². The van der Waals surface area contributed by atoms with E-state index >= 15 is 0 Å². The number of nitrogens with zero attached hydrogens (tertiary/aromatic N) is 2. The number of carbonyl (C=O) groups excluding carboxylic acids is 1. The van der Waals surface area contributed by atoms with E-state index in [1.807, 2.05) is 42.6 Å². The number of anilines is 1. The van der Waals surface area contributed by atoms with Crippen LogP contribution in [-0.2, 0) is 6.54 Å². The summed E-state index contributed by atoms with van der Waals surface area (Å²) >= 11 is 4.90. The SMILES string of the molecule is Cc1ccsc1C(=O)Nc1ccnn1Cc1cccc(Br)c1. The fourth-order valence-corrected chi connectivity index (χ4v) is 3.42. The molecule has 3 aromatic rings. The van der Waals surface area contributed by atoms with E-state index in [2.05, 4.69) is 26.3 Å². The first-order valence-corrected chi connectivity index (χ1v) is 8.42. The monoisotopic (exact) mass is 375 g/mol. The van der Waals surface area contributed by atoms with Crippen LogP contribution in [0.25, 0.3) is 0 Å². The molecule has 1 aromatic carbocycles. The normalized spacial score (nSPS) is 10.6. The van der Waals surface area contributed by atoms with E-state index in [0.29, 0.717) is 12.4 Å². The van der Waals surface area contributed by atoms with E-state index in [9.17, 15) is 4.79 Å². The minimum Gasteiger partial charge on any atom is -0.306 e. The Morgan fingerprint density at radius 1 is 1.36 bits per heavy atom. The molecule has 0 saturated carbocycles. The van der Waals surface area contributed by atoms with Crippen LogP contribution in [0.15, 0.2) is 52.4 Å². The zero-order chi connectivity index (χ0) is 15.5. The summed E-state index contributed by atoms with van der Waals surface area (Å²) in [5.74, 6) is 0.598. The number of aryl methyl sites for hydroxylation is 1. The highest BCUT2D eigenvalue weighted by atomic mass is 79.9. The van der Waals surface area contributed by atoms with Gasteiger partial charge in [-0.25, -0.2) is 4.68 Å². The lowest BCUT2D eigenvalue weighted by Crippen LogP contribution is -2.15. The lowest BCUT2D eigenvalue weighted by Gasteiger charge is -2.09. The first-order chi connectivity index (χ1) is 10.6. The lowest BCUT2D eigenvalue weighted by atomic mass is 10.2. The summed E-state index contributed by atoms with van der Waals surface area (Å²) in [5, 5.41) is 9.14. The Hall–Kier alpha value is -1.92. The van der Waals surface area contributed by atoms with Gasteiger partial charge in [0.15, 0.2) is 0 Å². The molecule has 112 valence electrons. The van der Waals surface area contributed by atoms with Gasteiger partial charge < -0.3 is 5.32 Å². The highest BCUT2D eigenvalue weighted by Crippen LogP contribution is 2.19. The summed E-state index contributed by atoms with van der Waals surface area (Å²) in [4.78, 5) is 13.0. The maximum Gasteiger partial charge on any atom is 0.267 e. The van der Waals surface area contributed by atoms with Gasteiger partial charge in [-0.3, -0.25) is 4.79 Å². The van der Waals surface area contributed by atoms with Gasteiger partial charge in [0.1, 0.15) is 5.82 Å². The predicted octanol–water partition coefficient (Wildman–Crippen LogP) is 4.32. The summed E-state index contributed by atoms with van der Waals surface area (Å²) < 4.78 is 2.81. The van der Waals surface area contributed by atoms with Crippen LogP contribution < -0.4 is 5.32 Å². The number of hydrogen-bond donors (Lipinski definition) is 1. The Labute approximate surface area is 140 Å². The molecule has 1 amide bonds. The largest absolute Gasteiger partial charge is 0.306 e. The Morgan fingerprint density at radius 3 is 2.95 bits per heavy atom. The third-order valence-electron chi connectivity index (χ3n) is 3.25. The van der Waals surface area contributed by atoms with Crippen molar-refractivity contribution in [1.82, 2.24) is 9.78 Å². The summed E-state index contributed by atoms with van der Waals surface area (Å²) in [7, 11) is 0. The van der Waals surface area contributed by atoms with Crippen LogP contribution in [-0.4, -0.2) is 15.7 Å². The standard InChI is InChI=1S/C16H14BrN3OS/c1-11-6-8-22-15(11)16(21)19-14-5-7-18-20(14)10-12-3-2-4-13(17)9-12/h2-9H,10H2,1H3,(H,19,21). The van der Waals surface area contributed by atoms with Gasteiger partial charge in [0.2, 0.25) is 0 Å².